The molecule has 0 fully saturated rings. The molecule has 0 saturated heterocycles. The van der Waals surface area contributed by atoms with Crippen LogP contribution in [0.15, 0.2) is 65.1 Å². The van der Waals surface area contributed by atoms with Crippen molar-refractivity contribution in [2.75, 3.05) is 14.2 Å². The number of hydrogen-bond donors (Lipinski definition) is 1. The van der Waals surface area contributed by atoms with Gasteiger partial charge in [0.15, 0.2) is 0 Å². The summed E-state index contributed by atoms with van der Waals surface area (Å²) in [5.74, 6) is -0.274. The molecule has 156 valence electrons. The molecule has 0 aromatic heterocycles. The highest BCUT2D eigenvalue weighted by Gasteiger charge is 2.17. The number of benzene rings is 2. The van der Waals surface area contributed by atoms with Crippen molar-refractivity contribution in [2.24, 2.45) is 0 Å². The molecule has 2 aromatic carbocycles. The van der Waals surface area contributed by atoms with Crippen LogP contribution in [-0.4, -0.2) is 25.3 Å². The molecule has 1 aliphatic carbocycles. The average Bonchev–Trinajstić information content (AvgIpc) is 3.25. The Morgan fingerprint density at radius 3 is 2.35 bits per heavy atom. The Bertz CT molecular complexity index is 1260. The molecule has 0 atom stereocenters. The van der Waals surface area contributed by atoms with E-state index in [1.165, 1.54) is 29.5 Å². The lowest BCUT2D eigenvalue weighted by Crippen LogP contribution is -2.04. The number of ether oxygens (including phenoxy) is 2. The van der Waals surface area contributed by atoms with Crippen LogP contribution in [-0.2, 0) is 0 Å². The van der Waals surface area contributed by atoms with Gasteiger partial charge >= 0.3 is 5.97 Å². The van der Waals surface area contributed by atoms with E-state index in [0.29, 0.717) is 11.3 Å². The van der Waals surface area contributed by atoms with Crippen LogP contribution in [0.4, 0.5) is 0 Å². The first-order valence-electron chi connectivity index (χ1n) is 9.46. The Balaban J connectivity index is 1.69. The van der Waals surface area contributed by atoms with Crippen molar-refractivity contribution in [1.82, 2.24) is 0 Å². The maximum Gasteiger partial charge on any atom is 0.340 e. The second-order valence-electron chi connectivity index (χ2n) is 6.81. The first kappa shape index (κ1) is 21.2. The fourth-order valence-corrected chi connectivity index (χ4v) is 4.90. The first-order valence-corrected chi connectivity index (χ1v) is 11.1. The van der Waals surface area contributed by atoms with Gasteiger partial charge < -0.3 is 14.6 Å². The number of halogens is 1. The highest BCUT2D eigenvalue weighted by molar-refractivity contribution is 9.10. The highest BCUT2D eigenvalue weighted by Crippen LogP contribution is 2.37. The zero-order chi connectivity index (χ0) is 22.0. The van der Waals surface area contributed by atoms with Crippen molar-refractivity contribution in [3.05, 3.63) is 81.8 Å². The minimum absolute atomic E-state index is 0.0945. The number of rotatable bonds is 6. The van der Waals surface area contributed by atoms with Crippen LogP contribution < -0.4 is 9.47 Å². The van der Waals surface area contributed by atoms with Crippen molar-refractivity contribution in [1.29, 1.82) is 0 Å². The average molecular weight is 495 g/mol. The molecule has 0 amide bonds. The summed E-state index contributed by atoms with van der Waals surface area (Å²) in [6.07, 6.45) is 3.63. The lowest BCUT2D eigenvalue weighted by Gasteiger charge is -2.11. The molecule has 0 spiro atoms. The number of aromatic carboxylic acids is 1. The molecule has 0 unspecified atom stereocenters. The molecule has 2 aliphatic rings. The monoisotopic (exact) mass is 494 g/mol. The molecule has 2 aromatic rings. The van der Waals surface area contributed by atoms with Crippen LogP contribution in [0.5, 0.6) is 11.5 Å². The van der Waals surface area contributed by atoms with Gasteiger partial charge in [-0.1, -0.05) is 58.4 Å². The van der Waals surface area contributed by atoms with Gasteiger partial charge in [-0.3, -0.25) is 0 Å². The molecular weight excluding hydrogens is 476 g/mol. The van der Waals surface area contributed by atoms with Gasteiger partial charge in [-0.15, -0.1) is 11.3 Å². The Morgan fingerprint density at radius 2 is 1.65 bits per heavy atom. The van der Waals surface area contributed by atoms with Gasteiger partial charge in [0.2, 0.25) is 0 Å². The van der Waals surface area contributed by atoms with Crippen LogP contribution >= 0.6 is 27.3 Å². The number of methoxy groups -OCH3 is 2. The van der Waals surface area contributed by atoms with E-state index < -0.39 is 5.97 Å². The topological polar surface area (TPSA) is 55.8 Å². The van der Waals surface area contributed by atoms with E-state index in [1.54, 1.807) is 29.5 Å². The fourth-order valence-electron chi connectivity index (χ4n) is 3.37. The summed E-state index contributed by atoms with van der Waals surface area (Å²) >= 11 is 5.40. The molecule has 0 bridgehead atoms. The molecule has 4 rings (SSSR count). The maximum atomic E-state index is 11.8. The number of fused-ring (bicyclic) bond motifs is 1. The smallest absolute Gasteiger partial charge is 0.340 e. The lowest BCUT2D eigenvalue weighted by atomic mass is 10.0. The number of carboxylic acid groups (broad SMARTS) is 1. The third-order valence-corrected chi connectivity index (χ3v) is 6.82. The Kier molecular flexibility index (Phi) is 6.11. The maximum absolute atomic E-state index is 11.8. The molecule has 31 heavy (non-hydrogen) atoms. The third kappa shape index (κ3) is 4.36. The van der Waals surface area contributed by atoms with Crippen molar-refractivity contribution in [2.45, 2.75) is 0 Å². The van der Waals surface area contributed by atoms with E-state index in [1.807, 2.05) is 12.1 Å². The van der Waals surface area contributed by atoms with Crippen LogP contribution in [0.3, 0.4) is 0 Å². The third-order valence-electron chi connectivity index (χ3n) is 4.95. The SMILES string of the molecule is COc1cc(C=Cc2ccc(-c3ccc4cccc-4s3)cc2Br)c(C(=O)O)c(OC)c1. The highest BCUT2D eigenvalue weighted by atomic mass is 79.9. The molecule has 6 heteroatoms. The van der Waals surface area contributed by atoms with Gasteiger partial charge in [-0.05, 0) is 46.5 Å². The second-order valence-corrected chi connectivity index (χ2v) is 8.75. The normalized spacial score (nSPS) is 11.2. The van der Waals surface area contributed by atoms with Crippen LogP contribution in [0.25, 0.3) is 33.0 Å². The lowest BCUT2D eigenvalue weighted by molar-refractivity contribution is 0.0693. The molecule has 1 N–H and O–H groups in total. The standard InChI is InChI=1S/C25H19BrO4S/c1-29-19-12-18(24(25(27)28)21(14-19)30-2)9-7-15-6-8-17(13-20(15)26)23-11-10-16-4-3-5-22(16)31-23/h3-14H,1-2H3,(H,27,28). The Morgan fingerprint density at radius 1 is 0.903 bits per heavy atom. The Hall–Kier alpha value is -3.09. The molecule has 0 radical (unpaired) electrons. The fraction of sp³-hybridized carbons (Fsp3) is 0.0800. The zero-order valence-electron chi connectivity index (χ0n) is 16.9. The van der Waals surface area contributed by atoms with Crippen molar-refractivity contribution < 1.29 is 19.4 Å². The minimum Gasteiger partial charge on any atom is -0.497 e. The van der Waals surface area contributed by atoms with Gasteiger partial charge in [0.05, 0.1) is 14.2 Å². The van der Waals surface area contributed by atoms with Gasteiger partial charge in [-0.25, -0.2) is 4.79 Å². The van der Waals surface area contributed by atoms with Gasteiger partial charge in [0, 0.05) is 20.3 Å². The largest absolute Gasteiger partial charge is 0.497 e. The Labute approximate surface area is 192 Å². The number of carbonyl (C=O) groups is 1. The minimum atomic E-state index is -1.06. The van der Waals surface area contributed by atoms with E-state index >= 15 is 0 Å². The zero-order valence-corrected chi connectivity index (χ0v) is 19.3. The molecule has 1 heterocycles. The van der Waals surface area contributed by atoms with Crippen molar-refractivity contribution in [3.63, 3.8) is 0 Å². The molecule has 4 nitrogen and oxygen atoms in total. The van der Waals surface area contributed by atoms with Crippen molar-refractivity contribution in [3.8, 4) is 32.4 Å². The van der Waals surface area contributed by atoms with Crippen molar-refractivity contribution >= 4 is 45.4 Å². The van der Waals surface area contributed by atoms with Gasteiger partial charge in [0.25, 0.3) is 0 Å². The number of carboxylic acids is 1. The predicted molar refractivity (Wildman–Crippen MR) is 130 cm³/mol. The van der Waals surface area contributed by atoms with Crippen LogP contribution in [0.1, 0.15) is 21.5 Å². The summed E-state index contributed by atoms with van der Waals surface area (Å²) in [6.45, 7) is 0. The van der Waals surface area contributed by atoms with E-state index in [4.69, 9.17) is 9.47 Å². The number of hydrogen-bond acceptors (Lipinski definition) is 4. The molecule has 0 saturated carbocycles. The van der Waals surface area contributed by atoms with Gasteiger partial charge in [-0.2, -0.15) is 0 Å². The predicted octanol–water partition coefficient (Wildman–Crippen LogP) is 7.17. The van der Waals surface area contributed by atoms with E-state index in [0.717, 1.165) is 15.6 Å². The summed E-state index contributed by atoms with van der Waals surface area (Å²) in [5.41, 5.74) is 3.89. The van der Waals surface area contributed by atoms with E-state index in [2.05, 4.69) is 58.4 Å². The van der Waals surface area contributed by atoms with Gasteiger partial charge in [0.1, 0.15) is 17.1 Å². The summed E-state index contributed by atoms with van der Waals surface area (Å²) in [6, 6.07) is 20.0. The summed E-state index contributed by atoms with van der Waals surface area (Å²) in [7, 11) is 2.98. The molecular formula is C25H19BrO4S. The summed E-state index contributed by atoms with van der Waals surface area (Å²) in [4.78, 5) is 14.2. The molecule has 1 aliphatic heterocycles. The first-order chi connectivity index (χ1) is 15.0. The van der Waals surface area contributed by atoms with Crippen LogP contribution in [0, 0.1) is 0 Å². The summed E-state index contributed by atoms with van der Waals surface area (Å²) in [5, 5.41) is 9.65. The van der Waals surface area contributed by atoms with Crippen LogP contribution in [0.2, 0.25) is 0 Å². The van der Waals surface area contributed by atoms with E-state index in [9.17, 15) is 9.90 Å². The van der Waals surface area contributed by atoms with E-state index in [-0.39, 0.29) is 11.3 Å². The summed E-state index contributed by atoms with van der Waals surface area (Å²) < 4.78 is 11.5. The second kappa shape index (κ2) is 8.96. The quantitative estimate of drug-likeness (QED) is 0.288.